The Bertz CT molecular complexity index is 823. The lowest BCUT2D eigenvalue weighted by molar-refractivity contribution is 0.144. The van der Waals surface area contributed by atoms with Gasteiger partial charge in [0.25, 0.3) is 0 Å². The molecule has 0 fully saturated rings. The number of pyridine rings is 1. The highest BCUT2D eigenvalue weighted by Gasteiger charge is 2.17. The van der Waals surface area contributed by atoms with Crippen LogP contribution in [0.2, 0.25) is 0 Å². The maximum absolute atomic E-state index is 12.5. The Morgan fingerprint density at radius 3 is 2.63 bits per heavy atom. The predicted octanol–water partition coefficient (Wildman–Crippen LogP) is 4.08. The van der Waals surface area contributed by atoms with E-state index < -0.39 is 0 Å². The van der Waals surface area contributed by atoms with Crippen LogP contribution in [0, 0.1) is 0 Å². The molecule has 1 atom stereocenters. The molecule has 27 heavy (non-hydrogen) atoms. The second-order valence-electron chi connectivity index (χ2n) is 5.68. The average molecular weight is 383 g/mol. The maximum atomic E-state index is 12.5. The first-order valence-electron chi connectivity index (χ1n) is 8.50. The van der Waals surface area contributed by atoms with E-state index in [0.29, 0.717) is 24.8 Å². The van der Waals surface area contributed by atoms with Crippen LogP contribution in [0.1, 0.15) is 16.5 Å². The molecule has 3 rings (SSSR count). The van der Waals surface area contributed by atoms with Crippen LogP contribution in [0.15, 0.2) is 66.2 Å². The molecule has 0 saturated heterocycles. The van der Waals surface area contributed by atoms with Crippen LogP contribution in [0.5, 0.6) is 5.88 Å². The third-order valence-corrected chi connectivity index (χ3v) is 4.70. The fourth-order valence-electron chi connectivity index (χ4n) is 2.49. The maximum Gasteiger partial charge on any atom is 0.320 e. The predicted molar refractivity (Wildman–Crippen MR) is 106 cm³/mol. The summed E-state index contributed by atoms with van der Waals surface area (Å²) in [6.07, 6.45) is 1.56. The number of thiophene rings is 1. The molecule has 0 aliphatic heterocycles. The van der Waals surface area contributed by atoms with Crippen molar-refractivity contribution in [3.05, 3.63) is 76.6 Å². The minimum absolute atomic E-state index is 0.212. The van der Waals surface area contributed by atoms with Gasteiger partial charge in [-0.05, 0) is 23.1 Å². The fraction of sp³-hybridized carbons (Fsp3) is 0.200. The normalized spacial score (nSPS) is 11.6. The van der Waals surface area contributed by atoms with Crippen molar-refractivity contribution in [1.82, 2.24) is 10.3 Å². The van der Waals surface area contributed by atoms with Gasteiger partial charge in [-0.2, -0.15) is 0 Å². The summed E-state index contributed by atoms with van der Waals surface area (Å²) in [6, 6.07) is 16.8. The van der Waals surface area contributed by atoms with Crippen molar-refractivity contribution >= 4 is 23.1 Å². The van der Waals surface area contributed by atoms with Gasteiger partial charge in [0.15, 0.2) is 0 Å². The number of carbonyl (C=O) groups excluding carboxylic acids is 1. The molecule has 140 valence electrons. The highest BCUT2D eigenvalue weighted by molar-refractivity contribution is 7.10. The summed E-state index contributed by atoms with van der Waals surface area (Å²) >= 11 is 1.60. The van der Waals surface area contributed by atoms with Crippen molar-refractivity contribution in [3.8, 4) is 5.88 Å². The number of ether oxygens (including phenoxy) is 2. The average Bonchev–Trinajstić information content (AvgIpc) is 3.23. The molecular weight excluding hydrogens is 362 g/mol. The van der Waals surface area contributed by atoms with Crippen molar-refractivity contribution in [2.45, 2.75) is 6.04 Å². The number of hydrogen-bond donors (Lipinski definition) is 2. The summed E-state index contributed by atoms with van der Waals surface area (Å²) in [4.78, 5) is 17.7. The zero-order chi connectivity index (χ0) is 18.9. The Morgan fingerprint density at radius 1 is 1.11 bits per heavy atom. The van der Waals surface area contributed by atoms with Gasteiger partial charge in [-0.25, -0.2) is 9.78 Å². The molecule has 2 N–H and O–H groups in total. The monoisotopic (exact) mass is 383 g/mol. The molecule has 1 aromatic carbocycles. The molecule has 0 radical (unpaired) electrons. The second-order valence-corrected chi connectivity index (χ2v) is 6.66. The van der Waals surface area contributed by atoms with Gasteiger partial charge < -0.3 is 20.1 Å². The molecule has 7 heteroatoms. The highest BCUT2D eigenvalue weighted by Crippen LogP contribution is 2.26. The lowest BCUT2D eigenvalue weighted by Gasteiger charge is -2.18. The Balaban J connectivity index is 1.63. The van der Waals surface area contributed by atoms with Gasteiger partial charge in [0.1, 0.15) is 6.61 Å². The van der Waals surface area contributed by atoms with E-state index >= 15 is 0 Å². The number of aromatic nitrogens is 1. The van der Waals surface area contributed by atoms with E-state index in [9.17, 15) is 4.79 Å². The number of carbonyl (C=O) groups is 1. The number of hydrogen-bond acceptors (Lipinski definition) is 5. The number of methoxy groups -OCH3 is 1. The quantitative estimate of drug-likeness (QED) is 0.575. The Hall–Kier alpha value is -2.90. The van der Waals surface area contributed by atoms with Gasteiger partial charge in [0.2, 0.25) is 5.88 Å². The Labute approximate surface area is 162 Å². The minimum atomic E-state index is -0.299. The van der Waals surface area contributed by atoms with Crippen LogP contribution < -0.4 is 15.4 Å². The summed E-state index contributed by atoms with van der Waals surface area (Å²) in [5.74, 6) is 0.485. The Kier molecular flexibility index (Phi) is 6.78. The van der Waals surface area contributed by atoms with Crippen molar-refractivity contribution in [3.63, 3.8) is 0 Å². The van der Waals surface area contributed by atoms with Crippen molar-refractivity contribution in [2.75, 3.05) is 25.6 Å². The molecular formula is C20H21N3O3S. The third kappa shape index (κ3) is 5.54. The fourth-order valence-corrected chi connectivity index (χ4v) is 3.29. The number of anilines is 1. The first kappa shape index (κ1) is 18.9. The smallest absolute Gasteiger partial charge is 0.320 e. The first-order chi connectivity index (χ1) is 13.3. The van der Waals surface area contributed by atoms with Gasteiger partial charge in [-0.15, -0.1) is 11.3 Å². The van der Waals surface area contributed by atoms with Gasteiger partial charge in [0.05, 0.1) is 24.5 Å². The number of rotatable bonds is 8. The van der Waals surface area contributed by atoms with Crippen LogP contribution in [0.25, 0.3) is 0 Å². The number of amides is 2. The number of nitrogens with one attached hydrogen (secondary N) is 2. The molecule has 2 amide bonds. The summed E-state index contributed by atoms with van der Waals surface area (Å²) in [5.41, 5.74) is 1.61. The van der Waals surface area contributed by atoms with Crippen LogP contribution >= 0.6 is 11.3 Å². The lowest BCUT2D eigenvalue weighted by atomic mass is 10.1. The molecule has 0 aliphatic rings. The zero-order valence-corrected chi connectivity index (χ0v) is 15.7. The topological polar surface area (TPSA) is 72.5 Å². The standard InChI is InChI=1S/C20H21N3O3S/c1-25-11-12-26-18-10-9-16(14-21-18)22-20(24)23-19(17-8-5-13-27-17)15-6-3-2-4-7-15/h2-10,13-14,19H,11-12H2,1H3,(H2,22,23,24)/t19-/m1/s1. The van der Waals surface area contributed by atoms with E-state index in [1.165, 1.54) is 0 Å². The largest absolute Gasteiger partial charge is 0.475 e. The zero-order valence-electron chi connectivity index (χ0n) is 14.9. The summed E-state index contributed by atoms with van der Waals surface area (Å²) in [5, 5.41) is 7.83. The van der Waals surface area contributed by atoms with Crippen LogP contribution in [0.4, 0.5) is 10.5 Å². The third-order valence-electron chi connectivity index (χ3n) is 3.77. The number of nitrogens with zero attached hydrogens (tertiary/aromatic N) is 1. The van der Waals surface area contributed by atoms with Crippen LogP contribution in [-0.4, -0.2) is 31.3 Å². The summed E-state index contributed by atoms with van der Waals surface area (Å²) < 4.78 is 10.3. The lowest BCUT2D eigenvalue weighted by Crippen LogP contribution is -2.32. The van der Waals surface area contributed by atoms with Crippen molar-refractivity contribution in [1.29, 1.82) is 0 Å². The second kappa shape index (κ2) is 9.70. The van der Waals surface area contributed by atoms with E-state index in [1.807, 2.05) is 47.8 Å². The van der Waals surface area contributed by atoms with Crippen LogP contribution in [-0.2, 0) is 4.74 Å². The van der Waals surface area contributed by atoms with E-state index in [1.54, 1.807) is 36.8 Å². The highest BCUT2D eigenvalue weighted by atomic mass is 32.1. The van der Waals surface area contributed by atoms with E-state index in [-0.39, 0.29) is 12.1 Å². The molecule has 0 spiro atoms. The molecule has 0 bridgehead atoms. The van der Waals surface area contributed by atoms with Gasteiger partial charge in [-0.3, -0.25) is 0 Å². The van der Waals surface area contributed by atoms with E-state index in [4.69, 9.17) is 9.47 Å². The molecule has 0 aliphatic carbocycles. The van der Waals surface area contributed by atoms with E-state index in [0.717, 1.165) is 10.4 Å². The van der Waals surface area contributed by atoms with Gasteiger partial charge >= 0.3 is 6.03 Å². The molecule has 3 aromatic rings. The first-order valence-corrected chi connectivity index (χ1v) is 9.38. The molecule has 2 heterocycles. The molecule has 0 unspecified atom stereocenters. The van der Waals surface area contributed by atoms with Gasteiger partial charge in [0, 0.05) is 18.1 Å². The number of urea groups is 1. The van der Waals surface area contributed by atoms with Crippen LogP contribution in [0.3, 0.4) is 0 Å². The molecule has 0 saturated carbocycles. The number of benzene rings is 1. The molecule has 2 aromatic heterocycles. The Morgan fingerprint density at radius 2 is 1.96 bits per heavy atom. The SMILES string of the molecule is COCCOc1ccc(NC(=O)N[C@H](c2ccccc2)c2cccs2)cn1. The van der Waals surface area contributed by atoms with Crippen molar-refractivity contribution in [2.24, 2.45) is 0 Å². The summed E-state index contributed by atoms with van der Waals surface area (Å²) in [7, 11) is 1.61. The van der Waals surface area contributed by atoms with Crippen molar-refractivity contribution < 1.29 is 14.3 Å². The van der Waals surface area contributed by atoms with E-state index in [2.05, 4.69) is 15.6 Å². The summed E-state index contributed by atoms with van der Waals surface area (Å²) in [6.45, 7) is 0.921. The van der Waals surface area contributed by atoms with Gasteiger partial charge in [-0.1, -0.05) is 36.4 Å². The molecule has 6 nitrogen and oxygen atoms in total. The minimum Gasteiger partial charge on any atom is -0.475 e.